The van der Waals surface area contributed by atoms with E-state index >= 15 is 0 Å². The van der Waals surface area contributed by atoms with Gasteiger partial charge in [0.2, 0.25) is 0 Å². The fourth-order valence-corrected chi connectivity index (χ4v) is 3.38. The highest BCUT2D eigenvalue weighted by Crippen LogP contribution is 2.42. The number of carbonyl (C=O) groups excluding carboxylic acids is 2. The molecule has 2 aliphatic rings. The van der Waals surface area contributed by atoms with E-state index < -0.39 is 11.7 Å². The van der Waals surface area contributed by atoms with Gasteiger partial charge < -0.3 is 9.64 Å². The lowest BCUT2D eigenvalue weighted by Gasteiger charge is -2.35. The van der Waals surface area contributed by atoms with Crippen molar-refractivity contribution in [1.29, 1.82) is 0 Å². The van der Waals surface area contributed by atoms with Crippen molar-refractivity contribution < 1.29 is 14.3 Å². The predicted octanol–water partition coefficient (Wildman–Crippen LogP) is 2.99. The Bertz CT molecular complexity index is 775. The van der Waals surface area contributed by atoms with Crippen molar-refractivity contribution in [3.05, 3.63) is 65.7 Å². The smallest absolute Gasteiger partial charge is 0.412 e. The number of fused-ring (bicyclic) bond motifs is 2. The first kappa shape index (κ1) is 13.8. The van der Waals surface area contributed by atoms with Crippen LogP contribution < -0.4 is 5.32 Å². The molecule has 1 spiro atoms. The number of rotatable bonds is 1. The van der Waals surface area contributed by atoms with Gasteiger partial charge in [0.05, 0.1) is 12.2 Å². The molecular weight excluding hydrogens is 292 g/mol. The van der Waals surface area contributed by atoms with Crippen LogP contribution >= 0.6 is 0 Å². The molecule has 4 rings (SSSR count). The number of hydrogen-bond acceptors (Lipinski definition) is 3. The highest BCUT2D eigenvalue weighted by molar-refractivity contribution is 5.95. The Morgan fingerprint density at radius 3 is 2.65 bits per heavy atom. The Morgan fingerprint density at radius 2 is 1.83 bits per heavy atom. The second-order valence-corrected chi connectivity index (χ2v) is 5.90. The van der Waals surface area contributed by atoms with Gasteiger partial charge in [0.15, 0.2) is 5.60 Å². The standard InChI is InChI=1S/C18H16N2O3/c21-16(13-6-2-1-3-7-13)20-11-10-18(12-20)14-8-4-5-9-15(14)19-17(22)23-18/h1-9H,10-12H2,(H,19,22). The summed E-state index contributed by atoms with van der Waals surface area (Å²) in [5.74, 6) is -0.0328. The SMILES string of the molecule is O=C1Nc2ccccc2C2(CCN(C(=O)c3ccccc3)C2)O1. The molecule has 1 saturated heterocycles. The molecule has 0 saturated carbocycles. The van der Waals surface area contributed by atoms with E-state index in [0.717, 1.165) is 11.3 Å². The third kappa shape index (κ3) is 2.25. The molecule has 2 aromatic rings. The number of nitrogens with zero attached hydrogens (tertiary/aromatic N) is 1. The molecule has 0 bridgehead atoms. The van der Waals surface area contributed by atoms with E-state index in [2.05, 4.69) is 5.32 Å². The molecule has 5 heteroatoms. The van der Waals surface area contributed by atoms with Gasteiger partial charge in [-0.1, -0.05) is 36.4 Å². The van der Waals surface area contributed by atoms with Gasteiger partial charge in [0.25, 0.3) is 5.91 Å². The number of para-hydroxylation sites is 1. The zero-order valence-electron chi connectivity index (χ0n) is 12.5. The average Bonchev–Trinajstić information content (AvgIpc) is 2.99. The van der Waals surface area contributed by atoms with Crippen LogP contribution in [0.1, 0.15) is 22.3 Å². The molecular formula is C18H16N2O3. The molecule has 5 nitrogen and oxygen atoms in total. The lowest BCUT2D eigenvalue weighted by atomic mass is 9.90. The molecule has 1 atom stereocenters. The molecule has 2 aliphatic heterocycles. The van der Waals surface area contributed by atoms with Gasteiger partial charge in [-0.15, -0.1) is 0 Å². The molecule has 2 heterocycles. The van der Waals surface area contributed by atoms with E-state index in [1.807, 2.05) is 42.5 Å². The summed E-state index contributed by atoms with van der Waals surface area (Å²) >= 11 is 0. The Hall–Kier alpha value is -2.82. The number of ether oxygens (including phenoxy) is 1. The summed E-state index contributed by atoms with van der Waals surface area (Å²) in [5, 5.41) is 2.72. The summed E-state index contributed by atoms with van der Waals surface area (Å²) in [6.45, 7) is 0.945. The van der Waals surface area contributed by atoms with Crippen molar-refractivity contribution in [1.82, 2.24) is 4.90 Å². The fraction of sp³-hybridized carbons (Fsp3) is 0.222. The summed E-state index contributed by atoms with van der Waals surface area (Å²) in [6, 6.07) is 16.8. The second-order valence-electron chi connectivity index (χ2n) is 5.90. The third-order valence-electron chi connectivity index (χ3n) is 4.48. The highest BCUT2D eigenvalue weighted by Gasteiger charge is 2.48. The molecule has 0 aromatic heterocycles. The highest BCUT2D eigenvalue weighted by atomic mass is 16.6. The van der Waals surface area contributed by atoms with Crippen molar-refractivity contribution in [3.8, 4) is 0 Å². The summed E-state index contributed by atoms with van der Waals surface area (Å²) in [6.07, 6.45) is 0.147. The van der Waals surface area contributed by atoms with Gasteiger partial charge in [-0.05, 0) is 18.2 Å². The largest absolute Gasteiger partial charge is 0.436 e. The fourth-order valence-electron chi connectivity index (χ4n) is 3.38. The van der Waals surface area contributed by atoms with Crippen molar-refractivity contribution in [2.45, 2.75) is 12.0 Å². The molecule has 1 fully saturated rings. The van der Waals surface area contributed by atoms with Crippen molar-refractivity contribution in [3.63, 3.8) is 0 Å². The summed E-state index contributed by atoms with van der Waals surface area (Å²) < 4.78 is 5.63. The number of likely N-dealkylation sites (tertiary alicyclic amines) is 1. The Labute approximate surface area is 133 Å². The van der Waals surface area contributed by atoms with E-state index in [-0.39, 0.29) is 5.91 Å². The molecule has 116 valence electrons. The van der Waals surface area contributed by atoms with Crippen LogP contribution in [0.2, 0.25) is 0 Å². The summed E-state index contributed by atoms with van der Waals surface area (Å²) in [4.78, 5) is 26.3. The molecule has 1 N–H and O–H groups in total. The topological polar surface area (TPSA) is 58.6 Å². The first-order valence-corrected chi connectivity index (χ1v) is 7.62. The quantitative estimate of drug-likeness (QED) is 0.881. The maximum absolute atomic E-state index is 12.6. The number of carbonyl (C=O) groups is 2. The van der Waals surface area contributed by atoms with E-state index in [1.54, 1.807) is 17.0 Å². The van der Waals surface area contributed by atoms with E-state index in [9.17, 15) is 9.59 Å². The summed E-state index contributed by atoms with van der Waals surface area (Å²) in [7, 11) is 0. The average molecular weight is 308 g/mol. The van der Waals surface area contributed by atoms with Crippen LogP contribution in [0.5, 0.6) is 0 Å². The van der Waals surface area contributed by atoms with E-state index in [0.29, 0.717) is 25.1 Å². The van der Waals surface area contributed by atoms with Gasteiger partial charge in [-0.2, -0.15) is 0 Å². The maximum Gasteiger partial charge on any atom is 0.412 e. The minimum Gasteiger partial charge on any atom is -0.436 e. The number of anilines is 1. The van der Waals surface area contributed by atoms with Crippen LogP contribution in [0, 0.1) is 0 Å². The van der Waals surface area contributed by atoms with Gasteiger partial charge in [-0.25, -0.2) is 4.79 Å². The molecule has 0 aliphatic carbocycles. The van der Waals surface area contributed by atoms with Gasteiger partial charge in [0.1, 0.15) is 0 Å². The van der Waals surface area contributed by atoms with Crippen LogP contribution in [0.25, 0.3) is 0 Å². The first-order chi connectivity index (χ1) is 11.2. The molecule has 0 radical (unpaired) electrons. The monoisotopic (exact) mass is 308 g/mol. The van der Waals surface area contributed by atoms with Crippen LogP contribution in [0.3, 0.4) is 0 Å². The van der Waals surface area contributed by atoms with Crippen LogP contribution in [0.4, 0.5) is 10.5 Å². The minimum atomic E-state index is -0.747. The van der Waals surface area contributed by atoms with Crippen LogP contribution in [-0.4, -0.2) is 30.0 Å². The minimum absolute atomic E-state index is 0.0328. The van der Waals surface area contributed by atoms with E-state index in [1.165, 1.54) is 0 Å². The van der Waals surface area contributed by atoms with Crippen LogP contribution in [-0.2, 0) is 10.3 Å². The van der Waals surface area contributed by atoms with Gasteiger partial charge in [-0.3, -0.25) is 10.1 Å². The Kier molecular flexibility index (Phi) is 3.08. The predicted molar refractivity (Wildman–Crippen MR) is 85.2 cm³/mol. The number of hydrogen-bond donors (Lipinski definition) is 1. The van der Waals surface area contributed by atoms with Gasteiger partial charge >= 0.3 is 6.09 Å². The zero-order chi connectivity index (χ0) is 15.9. The number of benzene rings is 2. The van der Waals surface area contributed by atoms with Crippen molar-refractivity contribution >= 4 is 17.7 Å². The lowest BCUT2D eigenvalue weighted by Crippen LogP contribution is -2.42. The molecule has 1 unspecified atom stereocenters. The second kappa shape index (κ2) is 5.12. The molecule has 2 amide bonds. The van der Waals surface area contributed by atoms with Gasteiger partial charge in [0, 0.05) is 24.1 Å². The zero-order valence-corrected chi connectivity index (χ0v) is 12.5. The normalized spacial score (nSPS) is 22.4. The van der Waals surface area contributed by atoms with E-state index in [4.69, 9.17) is 4.74 Å². The lowest BCUT2D eigenvalue weighted by molar-refractivity contribution is 0.0184. The van der Waals surface area contributed by atoms with Crippen molar-refractivity contribution in [2.75, 3.05) is 18.4 Å². The molecule has 2 aromatic carbocycles. The molecule has 23 heavy (non-hydrogen) atoms. The third-order valence-corrected chi connectivity index (χ3v) is 4.48. The maximum atomic E-state index is 12.6. The van der Waals surface area contributed by atoms with Crippen LogP contribution in [0.15, 0.2) is 54.6 Å². The number of amides is 2. The Morgan fingerprint density at radius 1 is 1.09 bits per heavy atom. The number of nitrogens with one attached hydrogen (secondary N) is 1. The van der Waals surface area contributed by atoms with Crippen molar-refractivity contribution in [2.24, 2.45) is 0 Å². The first-order valence-electron chi connectivity index (χ1n) is 7.62. The summed E-state index contributed by atoms with van der Waals surface area (Å²) in [5.41, 5.74) is 1.60. The Balaban J connectivity index is 1.65.